The van der Waals surface area contributed by atoms with Gasteiger partial charge in [-0.2, -0.15) is 5.10 Å². The number of primary amides is 1. The number of aryl methyl sites for hydroxylation is 1. The van der Waals surface area contributed by atoms with Crippen molar-refractivity contribution in [1.29, 1.82) is 0 Å². The van der Waals surface area contributed by atoms with Gasteiger partial charge < -0.3 is 11.1 Å². The van der Waals surface area contributed by atoms with E-state index in [0.29, 0.717) is 23.9 Å². The number of carbonyl (C=O) groups excluding carboxylic acids is 1. The summed E-state index contributed by atoms with van der Waals surface area (Å²) in [5.74, 6) is 1.44. The molecule has 7 heteroatoms. The van der Waals surface area contributed by atoms with E-state index in [9.17, 15) is 4.79 Å². The molecule has 7 nitrogen and oxygen atoms in total. The molecule has 2 heterocycles. The summed E-state index contributed by atoms with van der Waals surface area (Å²) in [4.78, 5) is 19.6. The smallest absolute Gasteiger partial charge is 0.269 e. The molecule has 0 fully saturated rings. The number of nitrogens with one attached hydrogen (secondary N) is 1. The van der Waals surface area contributed by atoms with Gasteiger partial charge in [-0.25, -0.2) is 14.6 Å². The van der Waals surface area contributed by atoms with Crippen molar-refractivity contribution < 1.29 is 4.79 Å². The highest BCUT2D eigenvalue weighted by Gasteiger charge is 2.09. The number of nitrogens with two attached hydrogens (primary N) is 1. The van der Waals surface area contributed by atoms with Gasteiger partial charge in [-0.05, 0) is 6.07 Å². The Hall–Kier alpha value is -2.44. The van der Waals surface area contributed by atoms with Gasteiger partial charge in [0, 0.05) is 25.7 Å². The van der Waals surface area contributed by atoms with E-state index in [1.807, 2.05) is 6.92 Å². The lowest BCUT2D eigenvalue weighted by Crippen LogP contribution is -2.13. The minimum absolute atomic E-state index is 0.206. The lowest BCUT2D eigenvalue weighted by molar-refractivity contribution is 0.0995. The standard InChI is InChI=1S/C11H14N6O/c1-3-8-14-9(13-2)6-10(15-8)17-5-4-7(16-17)11(12)18/h4-6H,3H2,1-2H3,(H2,12,18)(H,13,14,15). The van der Waals surface area contributed by atoms with E-state index in [4.69, 9.17) is 5.73 Å². The van der Waals surface area contributed by atoms with Gasteiger partial charge in [-0.3, -0.25) is 4.79 Å². The van der Waals surface area contributed by atoms with Crippen LogP contribution in [0.15, 0.2) is 18.3 Å². The number of carbonyl (C=O) groups is 1. The maximum absolute atomic E-state index is 11.0. The summed E-state index contributed by atoms with van der Waals surface area (Å²) in [5, 5.41) is 7.01. The molecule has 18 heavy (non-hydrogen) atoms. The van der Waals surface area contributed by atoms with E-state index in [1.165, 1.54) is 4.68 Å². The molecule has 2 aromatic heterocycles. The first-order chi connectivity index (χ1) is 8.63. The first-order valence-corrected chi connectivity index (χ1v) is 5.55. The molecule has 0 radical (unpaired) electrons. The molecule has 0 aliphatic heterocycles. The molecule has 0 aliphatic carbocycles. The van der Waals surface area contributed by atoms with Crippen molar-refractivity contribution in [3.05, 3.63) is 29.8 Å². The maximum Gasteiger partial charge on any atom is 0.269 e. The SMILES string of the molecule is CCc1nc(NC)cc(-n2ccc(C(N)=O)n2)n1. The Bertz CT molecular complexity index is 554. The van der Waals surface area contributed by atoms with Gasteiger partial charge in [0.25, 0.3) is 5.91 Å². The highest BCUT2D eigenvalue weighted by Crippen LogP contribution is 2.11. The number of nitrogens with zero attached hydrogens (tertiary/aromatic N) is 4. The molecule has 0 bridgehead atoms. The van der Waals surface area contributed by atoms with Gasteiger partial charge >= 0.3 is 0 Å². The Labute approximate surface area is 104 Å². The van der Waals surface area contributed by atoms with Crippen LogP contribution in [0.25, 0.3) is 5.82 Å². The van der Waals surface area contributed by atoms with Crippen LogP contribution in [0.1, 0.15) is 23.2 Å². The third-order valence-electron chi connectivity index (χ3n) is 2.41. The fourth-order valence-corrected chi connectivity index (χ4v) is 1.47. The zero-order valence-corrected chi connectivity index (χ0v) is 10.2. The summed E-state index contributed by atoms with van der Waals surface area (Å²) in [6, 6.07) is 3.30. The molecule has 0 unspecified atom stereocenters. The number of aromatic nitrogens is 4. The third kappa shape index (κ3) is 2.29. The minimum atomic E-state index is -0.563. The van der Waals surface area contributed by atoms with Gasteiger partial charge in [0.05, 0.1) is 0 Å². The molecule has 1 amide bonds. The Morgan fingerprint density at radius 3 is 2.83 bits per heavy atom. The molecule has 0 aliphatic rings. The topological polar surface area (TPSA) is 98.7 Å². The van der Waals surface area contributed by atoms with Crippen molar-refractivity contribution in [2.24, 2.45) is 5.73 Å². The van der Waals surface area contributed by atoms with Crippen molar-refractivity contribution in [3.8, 4) is 5.82 Å². The van der Waals surface area contributed by atoms with Crippen molar-refractivity contribution in [2.75, 3.05) is 12.4 Å². The predicted octanol–water partition coefficient (Wildman–Crippen LogP) is 0.365. The average Bonchev–Trinajstić information content (AvgIpc) is 2.87. The van der Waals surface area contributed by atoms with Crippen LogP contribution in [-0.2, 0) is 6.42 Å². The highest BCUT2D eigenvalue weighted by molar-refractivity contribution is 5.90. The molecule has 3 N–H and O–H groups in total. The van der Waals surface area contributed by atoms with Crippen molar-refractivity contribution in [1.82, 2.24) is 19.7 Å². The molecule has 0 spiro atoms. The van der Waals surface area contributed by atoms with Gasteiger partial charge in [-0.15, -0.1) is 0 Å². The van der Waals surface area contributed by atoms with E-state index < -0.39 is 5.91 Å². The number of hydrogen-bond donors (Lipinski definition) is 2. The zero-order chi connectivity index (χ0) is 13.1. The number of rotatable bonds is 4. The first kappa shape index (κ1) is 12.0. The first-order valence-electron chi connectivity index (χ1n) is 5.55. The molecular weight excluding hydrogens is 232 g/mol. The van der Waals surface area contributed by atoms with E-state index in [0.717, 1.165) is 0 Å². The van der Waals surface area contributed by atoms with Crippen LogP contribution in [0.4, 0.5) is 5.82 Å². The number of anilines is 1. The normalized spacial score (nSPS) is 10.3. The minimum Gasteiger partial charge on any atom is -0.373 e. The second-order valence-corrected chi connectivity index (χ2v) is 3.64. The molecule has 2 aromatic rings. The van der Waals surface area contributed by atoms with Gasteiger partial charge in [-0.1, -0.05) is 6.92 Å². The van der Waals surface area contributed by atoms with Gasteiger partial charge in [0.1, 0.15) is 17.3 Å². The van der Waals surface area contributed by atoms with Crippen LogP contribution in [0.3, 0.4) is 0 Å². The van der Waals surface area contributed by atoms with Crippen LogP contribution in [0.5, 0.6) is 0 Å². The van der Waals surface area contributed by atoms with Gasteiger partial charge in [0.2, 0.25) is 0 Å². The lowest BCUT2D eigenvalue weighted by Gasteiger charge is -2.06. The molecule has 0 saturated carbocycles. The second kappa shape index (κ2) is 4.82. The van der Waals surface area contributed by atoms with E-state index in [-0.39, 0.29) is 5.69 Å². The Morgan fingerprint density at radius 1 is 1.50 bits per heavy atom. The van der Waals surface area contributed by atoms with Crippen LogP contribution < -0.4 is 11.1 Å². The highest BCUT2D eigenvalue weighted by atomic mass is 16.1. The molecule has 94 valence electrons. The van der Waals surface area contributed by atoms with E-state index in [1.54, 1.807) is 25.4 Å². The van der Waals surface area contributed by atoms with E-state index >= 15 is 0 Å². The summed E-state index contributed by atoms with van der Waals surface area (Å²) in [6.07, 6.45) is 2.35. The molecule has 0 atom stereocenters. The summed E-state index contributed by atoms with van der Waals surface area (Å²) in [6.45, 7) is 1.97. The van der Waals surface area contributed by atoms with Crippen molar-refractivity contribution in [3.63, 3.8) is 0 Å². The van der Waals surface area contributed by atoms with Gasteiger partial charge in [0.15, 0.2) is 5.82 Å². The number of amides is 1. The van der Waals surface area contributed by atoms with Crippen molar-refractivity contribution >= 4 is 11.7 Å². The van der Waals surface area contributed by atoms with Crippen LogP contribution in [-0.4, -0.2) is 32.7 Å². The summed E-state index contributed by atoms with van der Waals surface area (Å²) in [7, 11) is 1.78. The monoisotopic (exact) mass is 246 g/mol. The molecule has 2 rings (SSSR count). The Balaban J connectivity index is 2.45. The molecular formula is C11H14N6O. The second-order valence-electron chi connectivity index (χ2n) is 3.64. The fraction of sp³-hybridized carbons (Fsp3) is 0.273. The Kier molecular flexibility index (Phi) is 3.22. The van der Waals surface area contributed by atoms with E-state index in [2.05, 4.69) is 20.4 Å². The molecule has 0 aromatic carbocycles. The maximum atomic E-state index is 11.0. The average molecular weight is 246 g/mol. The summed E-state index contributed by atoms with van der Waals surface area (Å²) >= 11 is 0. The quantitative estimate of drug-likeness (QED) is 0.811. The third-order valence-corrected chi connectivity index (χ3v) is 2.41. The fourth-order valence-electron chi connectivity index (χ4n) is 1.47. The van der Waals surface area contributed by atoms with Crippen molar-refractivity contribution in [2.45, 2.75) is 13.3 Å². The van der Waals surface area contributed by atoms with Crippen LogP contribution >= 0.6 is 0 Å². The summed E-state index contributed by atoms with van der Waals surface area (Å²) < 4.78 is 1.50. The molecule has 0 saturated heterocycles. The largest absolute Gasteiger partial charge is 0.373 e. The number of hydrogen-bond acceptors (Lipinski definition) is 5. The zero-order valence-electron chi connectivity index (χ0n) is 10.2. The van der Waals surface area contributed by atoms with Crippen LogP contribution in [0.2, 0.25) is 0 Å². The predicted molar refractivity (Wildman–Crippen MR) is 66.6 cm³/mol. The Morgan fingerprint density at radius 2 is 2.28 bits per heavy atom. The summed E-state index contributed by atoms with van der Waals surface area (Å²) in [5.41, 5.74) is 5.36. The van der Waals surface area contributed by atoms with Crippen LogP contribution in [0, 0.1) is 0 Å². The lowest BCUT2D eigenvalue weighted by atomic mass is 10.4.